The summed E-state index contributed by atoms with van der Waals surface area (Å²) in [6.45, 7) is 0.987. The van der Waals surface area contributed by atoms with E-state index < -0.39 is 40.1 Å². The lowest BCUT2D eigenvalue weighted by molar-refractivity contribution is -0.143. The zero-order valence-electron chi connectivity index (χ0n) is 20.9. The molecule has 210 valence electrons. The van der Waals surface area contributed by atoms with E-state index in [0.717, 1.165) is 0 Å². The van der Waals surface area contributed by atoms with Gasteiger partial charge in [0.1, 0.15) is 11.6 Å². The van der Waals surface area contributed by atoms with Gasteiger partial charge in [-0.3, -0.25) is 9.89 Å². The van der Waals surface area contributed by atoms with Gasteiger partial charge in [-0.05, 0) is 65.1 Å². The van der Waals surface area contributed by atoms with E-state index in [2.05, 4.69) is 4.99 Å². The molecular formula is C27H22F6N4O2S. The monoisotopic (exact) mass is 580 g/mol. The van der Waals surface area contributed by atoms with Crippen molar-refractivity contribution in [2.45, 2.75) is 24.3 Å². The molecule has 13 heteroatoms. The Bertz CT molecular complexity index is 1520. The summed E-state index contributed by atoms with van der Waals surface area (Å²) in [5, 5.41) is 0. The van der Waals surface area contributed by atoms with Gasteiger partial charge in [-0.1, -0.05) is 30.3 Å². The average molecular weight is 581 g/mol. The molecule has 2 unspecified atom stereocenters. The average Bonchev–Trinajstić information content (AvgIpc) is 3.21. The molecule has 0 aliphatic carbocycles. The number of aliphatic imine (C=N–C) groups is 2. The first kappa shape index (κ1) is 27.7. The van der Waals surface area contributed by atoms with Crippen LogP contribution in [0.1, 0.15) is 28.7 Å². The molecule has 0 saturated heterocycles. The Labute approximate surface area is 227 Å². The second-order valence-corrected chi connectivity index (χ2v) is 10.2. The minimum atomic E-state index is -4.99. The van der Waals surface area contributed by atoms with E-state index in [1.807, 2.05) is 0 Å². The van der Waals surface area contributed by atoms with Crippen LogP contribution >= 0.6 is 0 Å². The van der Waals surface area contributed by atoms with E-state index in [-0.39, 0.29) is 28.9 Å². The van der Waals surface area contributed by atoms with Crippen LogP contribution in [0.4, 0.5) is 26.3 Å². The third-order valence-corrected chi connectivity index (χ3v) is 7.03. The van der Waals surface area contributed by atoms with E-state index in [4.69, 9.17) is 14.9 Å². The number of halogens is 6. The van der Waals surface area contributed by atoms with Crippen LogP contribution in [0.15, 0.2) is 76.7 Å². The molecule has 3 aromatic carbocycles. The second kappa shape index (κ2) is 9.95. The molecule has 0 saturated carbocycles. The molecule has 2 aliphatic heterocycles. The van der Waals surface area contributed by atoms with Crippen molar-refractivity contribution in [2.24, 2.45) is 15.7 Å². The van der Waals surface area contributed by atoms with Crippen molar-refractivity contribution < 1.29 is 34.7 Å². The highest BCUT2D eigenvalue weighted by molar-refractivity contribution is 7.79. The number of benzene rings is 3. The SMILES string of the molecule is CS(=O)Oc1cccc(C2(c3cccc(-c4cc(C(F)(F)F)cc(C(F)(F)F)c4)c3)N=C(N)N3CCCN=C32)c1. The third-order valence-electron chi connectivity index (χ3n) is 6.61. The fraction of sp³-hybridized carbons (Fsp3) is 0.259. The number of nitrogens with zero attached hydrogens (tertiary/aromatic N) is 3. The summed E-state index contributed by atoms with van der Waals surface area (Å²) in [5.74, 6) is 0.890. The number of fused-ring (bicyclic) bond motifs is 1. The highest BCUT2D eigenvalue weighted by Crippen LogP contribution is 2.44. The Balaban J connectivity index is 1.73. The Morgan fingerprint density at radius 1 is 0.900 bits per heavy atom. The number of hydrogen-bond donors (Lipinski definition) is 1. The molecule has 0 bridgehead atoms. The van der Waals surface area contributed by atoms with Gasteiger partial charge in [0.05, 0.1) is 11.1 Å². The van der Waals surface area contributed by atoms with Gasteiger partial charge in [0.25, 0.3) is 0 Å². The van der Waals surface area contributed by atoms with Crippen molar-refractivity contribution in [1.29, 1.82) is 0 Å². The molecule has 0 amide bonds. The number of nitrogens with two attached hydrogens (primary N) is 1. The van der Waals surface area contributed by atoms with Gasteiger partial charge in [0.15, 0.2) is 11.5 Å². The third kappa shape index (κ3) is 5.05. The summed E-state index contributed by atoms with van der Waals surface area (Å²) in [4.78, 5) is 11.2. The van der Waals surface area contributed by atoms with E-state index in [1.54, 1.807) is 35.2 Å². The van der Waals surface area contributed by atoms with Gasteiger partial charge < -0.3 is 9.92 Å². The lowest BCUT2D eigenvalue weighted by Gasteiger charge is -2.33. The minimum Gasteiger partial charge on any atom is -0.401 e. The van der Waals surface area contributed by atoms with Crippen LogP contribution in [-0.2, 0) is 29.0 Å². The summed E-state index contributed by atoms with van der Waals surface area (Å²) in [5.41, 5.74) is 2.86. The van der Waals surface area contributed by atoms with Crippen molar-refractivity contribution >= 4 is 22.9 Å². The van der Waals surface area contributed by atoms with Crippen molar-refractivity contribution in [1.82, 2.24) is 4.90 Å². The van der Waals surface area contributed by atoms with Gasteiger partial charge in [-0.15, -0.1) is 0 Å². The normalized spacial score (nSPS) is 20.0. The number of hydrogen-bond acceptors (Lipinski definition) is 6. The predicted octanol–water partition coefficient (Wildman–Crippen LogP) is 5.74. The molecule has 2 atom stereocenters. The predicted molar refractivity (Wildman–Crippen MR) is 139 cm³/mol. The van der Waals surface area contributed by atoms with Crippen LogP contribution in [0.5, 0.6) is 5.75 Å². The van der Waals surface area contributed by atoms with Crippen LogP contribution in [0.25, 0.3) is 11.1 Å². The molecule has 6 nitrogen and oxygen atoms in total. The number of guanidine groups is 1. The molecule has 0 fully saturated rings. The molecule has 3 aromatic rings. The maximum absolute atomic E-state index is 13.6. The van der Waals surface area contributed by atoms with Gasteiger partial charge in [0.2, 0.25) is 11.1 Å². The first-order valence-electron chi connectivity index (χ1n) is 12.0. The van der Waals surface area contributed by atoms with Gasteiger partial charge in [-0.25, -0.2) is 9.20 Å². The molecule has 5 rings (SSSR count). The van der Waals surface area contributed by atoms with Crippen molar-refractivity contribution in [2.75, 3.05) is 19.3 Å². The quantitative estimate of drug-likeness (QED) is 0.391. The number of rotatable bonds is 5. The largest absolute Gasteiger partial charge is 0.416 e. The summed E-state index contributed by atoms with van der Waals surface area (Å²) in [6.07, 6.45) is -7.92. The van der Waals surface area contributed by atoms with Crippen molar-refractivity contribution in [3.8, 4) is 16.9 Å². The molecule has 40 heavy (non-hydrogen) atoms. The fourth-order valence-corrected chi connectivity index (χ4v) is 5.30. The van der Waals surface area contributed by atoms with Crippen LogP contribution in [0, 0.1) is 0 Å². The Hall–Kier alpha value is -3.87. The van der Waals surface area contributed by atoms with E-state index in [9.17, 15) is 30.6 Å². The van der Waals surface area contributed by atoms with Crippen molar-refractivity contribution in [3.05, 3.63) is 89.0 Å². The standard InChI is InChI=1S/C27H22F6N4O2S/c1-40(38)39-22-8-3-7-19(15-22)25(23-35-9-4-10-37(23)24(34)36-25)18-6-2-5-16(11-18)17-12-20(26(28,29)30)14-21(13-17)27(31,32)33/h2-3,5-8,11-15H,4,9-10H2,1H3,(H2,34,36). The lowest BCUT2D eigenvalue weighted by atomic mass is 9.80. The highest BCUT2D eigenvalue weighted by Gasteiger charge is 2.49. The van der Waals surface area contributed by atoms with E-state index in [0.29, 0.717) is 48.6 Å². The second-order valence-electron chi connectivity index (χ2n) is 9.28. The summed E-state index contributed by atoms with van der Waals surface area (Å²) in [7, 11) is 0. The summed E-state index contributed by atoms with van der Waals surface area (Å²) in [6, 6.07) is 14.1. The molecule has 2 heterocycles. The van der Waals surface area contributed by atoms with Crippen LogP contribution in [0.3, 0.4) is 0 Å². The topological polar surface area (TPSA) is 80.3 Å². The maximum Gasteiger partial charge on any atom is 0.416 e. The van der Waals surface area contributed by atoms with Crippen molar-refractivity contribution in [3.63, 3.8) is 0 Å². The summed E-state index contributed by atoms with van der Waals surface area (Å²) >= 11 is -1.63. The van der Waals surface area contributed by atoms with E-state index >= 15 is 0 Å². The first-order chi connectivity index (χ1) is 18.8. The van der Waals surface area contributed by atoms with Gasteiger partial charge >= 0.3 is 12.4 Å². The zero-order chi connectivity index (χ0) is 28.9. The molecule has 0 radical (unpaired) electrons. The fourth-order valence-electron chi connectivity index (χ4n) is 4.93. The van der Waals surface area contributed by atoms with Gasteiger partial charge in [0, 0.05) is 19.3 Å². The number of amidine groups is 1. The zero-order valence-corrected chi connectivity index (χ0v) is 21.7. The van der Waals surface area contributed by atoms with Crippen LogP contribution < -0.4 is 9.92 Å². The first-order valence-corrected chi connectivity index (χ1v) is 13.5. The Kier molecular flexibility index (Phi) is 6.89. The molecule has 2 aliphatic rings. The molecule has 0 aromatic heterocycles. The highest BCUT2D eigenvalue weighted by atomic mass is 32.2. The smallest absolute Gasteiger partial charge is 0.401 e. The maximum atomic E-state index is 13.6. The number of alkyl halides is 6. The van der Waals surface area contributed by atoms with E-state index in [1.165, 1.54) is 24.5 Å². The molecule has 2 N–H and O–H groups in total. The molecule has 0 spiro atoms. The molecular weight excluding hydrogens is 558 g/mol. The Morgan fingerprint density at radius 3 is 2.15 bits per heavy atom. The lowest BCUT2D eigenvalue weighted by Crippen LogP contribution is -2.46. The minimum absolute atomic E-state index is 0.0919. The van der Waals surface area contributed by atoms with Crippen LogP contribution in [0.2, 0.25) is 0 Å². The Morgan fingerprint density at radius 2 is 1.52 bits per heavy atom. The van der Waals surface area contributed by atoms with Gasteiger partial charge in [-0.2, -0.15) is 26.3 Å². The van der Waals surface area contributed by atoms with Crippen LogP contribution in [-0.4, -0.2) is 40.2 Å². The summed E-state index contributed by atoms with van der Waals surface area (Å²) < 4.78 is 98.5.